The first-order valence-electron chi connectivity index (χ1n) is 4.71. The summed E-state index contributed by atoms with van der Waals surface area (Å²) in [5.41, 5.74) is 0. The summed E-state index contributed by atoms with van der Waals surface area (Å²) in [6.45, 7) is 6.70. The zero-order chi connectivity index (χ0) is 10.2. The molecule has 0 aliphatic rings. The summed E-state index contributed by atoms with van der Waals surface area (Å²) in [6, 6.07) is 0. The van der Waals surface area contributed by atoms with Gasteiger partial charge in [0.2, 0.25) is 0 Å². The van der Waals surface area contributed by atoms with E-state index in [2.05, 4.69) is 0 Å². The van der Waals surface area contributed by atoms with E-state index in [9.17, 15) is 4.57 Å². The second-order valence-electron chi connectivity index (χ2n) is 2.69. The van der Waals surface area contributed by atoms with E-state index < -0.39 is 7.60 Å². The fourth-order valence-electron chi connectivity index (χ4n) is 0.743. The van der Waals surface area contributed by atoms with Gasteiger partial charge in [-0.15, -0.1) is 0 Å². The summed E-state index contributed by atoms with van der Waals surface area (Å²) in [5, 5.41) is 0. The molecule has 0 heterocycles. The van der Waals surface area contributed by atoms with Crippen LogP contribution in [0.3, 0.4) is 0 Å². The molecule has 0 amide bonds. The Morgan fingerprint density at radius 1 is 1.15 bits per heavy atom. The molecular weight excluding hydrogens is 187 g/mol. The summed E-state index contributed by atoms with van der Waals surface area (Å²) in [5.74, 6) is 1.51. The van der Waals surface area contributed by atoms with Crippen LogP contribution in [0.15, 0.2) is 11.9 Å². The van der Waals surface area contributed by atoms with Crippen LogP contribution in [0.2, 0.25) is 0 Å². The Morgan fingerprint density at radius 3 is 1.92 bits per heavy atom. The van der Waals surface area contributed by atoms with Crippen molar-refractivity contribution in [3.05, 3.63) is 11.9 Å². The van der Waals surface area contributed by atoms with E-state index in [4.69, 9.17) is 9.05 Å². The Labute approximate surface area is 80.7 Å². The molecule has 0 atom stereocenters. The predicted octanol–water partition coefficient (Wildman–Crippen LogP) is 3.57. The van der Waals surface area contributed by atoms with Crippen LogP contribution in [-0.2, 0) is 13.6 Å². The first-order valence-corrected chi connectivity index (χ1v) is 6.32. The Kier molecular flexibility index (Phi) is 7.25. The van der Waals surface area contributed by atoms with Gasteiger partial charge in [0.15, 0.2) is 0 Å². The van der Waals surface area contributed by atoms with Gasteiger partial charge < -0.3 is 9.05 Å². The Bertz CT molecular complexity index is 177. The van der Waals surface area contributed by atoms with E-state index in [0.717, 1.165) is 12.8 Å². The van der Waals surface area contributed by atoms with Gasteiger partial charge in [0.05, 0.1) is 13.2 Å². The molecule has 0 radical (unpaired) electrons. The van der Waals surface area contributed by atoms with Crippen molar-refractivity contribution in [2.75, 3.05) is 13.2 Å². The Balaban J connectivity index is 4.08. The molecule has 13 heavy (non-hydrogen) atoms. The molecule has 3 nitrogen and oxygen atoms in total. The van der Waals surface area contributed by atoms with Crippen molar-refractivity contribution in [3.63, 3.8) is 0 Å². The van der Waals surface area contributed by atoms with Gasteiger partial charge in [-0.05, 0) is 19.8 Å². The maximum Gasteiger partial charge on any atom is 0.353 e. The standard InChI is InChI=1S/C9H19O3P/c1-4-7-11-13(10,9-6-3)12-8-5-2/h6,9H,4-5,7-8H2,1-3H3. The van der Waals surface area contributed by atoms with Crippen LogP contribution >= 0.6 is 7.60 Å². The molecule has 0 N–H and O–H groups in total. The Morgan fingerprint density at radius 2 is 1.62 bits per heavy atom. The third kappa shape index (κ3) is 6.03. The van der Waals surface area contributed by atoms with E-state index in [1.807, 2.05) is 13.8 Å². The maximum atomic E-state index is 11.8. The van der Waals surface area contributed by atoms with Gasteiger partial charge in [0.1, 0.15) is 0 Å². The summed E-state index contributed by atoms with van der Waals surface area (Å²) in [6.07, 6.45) is 3.39. The smallest absolute Gasteiger partial charge is 0.306 e. The van der Waals surface area contributed by atoms with Gasteiger partial charge in [0.25, 0.3) is 0 Å². The lowest BCUT2D eigenvalue weighted by Gasteiger charge is -2.13. The molecule has 78 valence electrons. The molecule has 0 saturated carbocycles. The lowest BCUT2D eigenvalue weighted by Crippen LogP contribution is -1.95. The van der Waals surface area contributed by atoms with E-state index in [1.165, 1.54) is 5.82 Å². The third-order valence-corrected chi connectivity index (χ3v) is 3.03. The van der Waals surface area contributed by atoms with Crippen LogP contribution < -0.4 is 0 Å². The largest absolute Gasteiger partial charge is 0.353 e. The van der Waals surface area contributed by atoms with Gasteiger partial charge in [-0.1, -0.05) is 19.9 Å². The maximum absolute atomic E-state index is 11.8. The average molecular weight is 206 g/mol. The predicted molar refractivity (Wildman–Crippen MR) is 54.9 cm³/mol. The first-order chi connectivity index (χ1) is 6.18. The van der Waals surface area contributed by atoms with Crippen LogP contribution in [0.25, 0.3) is 0 Å². The van der Waals surface area contributed by atoms with Gasteiger partial charge in [0, 0.05) is 5.82 Å². The number of rotatable bonds is 7. The van der Waals surface area contributed by atoms with Gasteiger partial charge in [-0.25, -0.2) is 0 Å². The van der Waals surface area contributed by atoms with E-state index in [0.29, 0.717) is 13.2 Å². The third-order valence-electron chi connectivity index (χ3n) is 1.28. The summed E-state index contributed by atoms with van der Waals surface area (Å²) in [7, 11) is -2.93. The normalized spacial score (nSPS) is 12.5. The van der Waals surface area contributed by atoms with Gasteiger partial charge in [-0.3, -0.25) is 4.57 Å². The van der Waals surface area contributed by atoms with Crippen LogP contribution in [0.5, 0.6) is 0 Å². The van der Waals surface area contributed by atoms with Crippen LogP contribution in [0.4, 0.5) is 0 Å². The fraction of sp³-hybridized carbons (Fsp3) is 0.778. The summed E-state index contributed by atoms with van der Waals surface area (Å²) < 4.78 is 22.1. The van der Waals surface area contributed by atoms with Crippen LogP contribution in [0, 0.1) is 0 Å². The molecule has 0 unspecified atom stereocenters. The van der Waals surface area contributed by atoms with Crippen LogP contribution in [-0.4, -0.2) is 13.2 Å². The zero-order valence-electron chi connectivity index (χ0n) is 8.66. The monoisotopic (exact) mass is 206 g/mol. The summed E-state index contributed by atoms with van der Waals surface area (Å²) in [4.78, 5) is 0. The van der Waals surface area contributed by atoms with Gasteiger partial charge in [-0.2, -0.15) is 0 Å². The molecule has 0 aliphatic heterocycles. The molecule has 0 bridgehead atoms. The van der Waals surface area contributed by atoms with E-state index in [-0.39, 0.29) is 0 Å². The number of hydrogen-bond donors (Lipinski definition) is 0. The molecule has 0 aliphatic carbocycles. The Hall–Kier alpha value is -0.110. The van der Waals surface area contributed by atoms with Crippen molar-refractivity contribution in [3.8, 4) is 0 Å². The van der Waals surface area contributed by atoms with E-state index >= 15 is 0 Å². The lowest BCUT2D eigenvalue weighted by atomic mass is 10.5. The minimum Gasteiger partial charge on any atom is -0.306 e. The zero-order valence-corrected chi connectivity index (χ0v) is 9.55. The minimum absolute atomic E-state index is 0.478. The van der Waals surface area contributed by atoms with Crippen molar-refractivity contribution in [2.45, 2.75) is 33.6 Å². The highest BCUT2D eigenvalue weighted by molar-refractivity contribution is 7.57. The minimum atomic E-state index is -2.93. The number of allylic oxidation sites excluding steroid dienone is 1. The quantitative estimate of drug-likeness (QED) is 0.597. The highest BCUT2D eigenvalue weighted by Gasteiger charge is 2.18. The second-order valence-corrected chi connectivity index (χ2v) is 4.58. The molecule has 0 aromatic rings. The van der Waals surface area contributed by atoms with Crippen molar-refractivity contribution < 1.29 is 13.6 Å². The van der Waals surface area contributed by atoms with Gasteiger partial charge >= 0.3 is 7.60 Å². The van der Waals surface area contributed by atoms with Crippen molar-refractivity contribution >= 4 is 7.60 Å². The highest BCUT2D eigenvalue weighted by Crippen LogP contribution is 2.49. The molecule has 4 heteroatoms. The molecule has 0 aromatic carbocycles. The van der Waals surface area contributed by atoms with Crippen molar-refractivity contribution in [1.82, 2.24) is 0 Å². The molecular formula is C9H19O3P. The molecule has 0 saturated heterocycles. The molecule has 0 rings (SSSR count). The second kappa shape index (κ2) is 7.31. The fourth-order valence-corrected chi connectivity index (χ4v) is 2.23. The van der Waals surface area contributed by atoms with Crippen molar-refractivity contribution in [1.29, 1.82) is 0 Å². The van der Waals surface area contributed by atoms with Crippen LogP contribution in [0.1, 0.15) is 33.6 Å². The SMILES string of the molecule is CC=CP(=O)(OCCC)OCCC. The van der Waals surface area contributed by atoms with Crippen molar-refractivity contribution in [2.24, 2.45) is 0 Å². The highest BCUT2D eigenvalue weighted by atomic mass is 31.2. The topological polar surface area (TPSA) is 35.5 Å². The number of hydrogen-bond acceptors (Lipinski definition) is 3. The average Bonchev–Trinajstić information content (AvgIpc) is 2.12. The molecule has 0 spiro atoms. The summed E-state index contributed by atoms with van der Waals surface area (Å²) >= 11 is 0. The molecule has 0 aromatic heterocycles. The molecule has 0 fully saturated rings. The van der Waals surface area contributed by atoms with E-state index in [1.54, 1.807) is 13.0 Å². The first kappa shape index (κ1) is 12.9. The lowest BCUT2D eigenvalue weighted by molar-refractivity contribution is 0.212.